The van der Waals surface area contributed by atoms with Crippen molar-refractivity contribution >= 4 is 9.84 Å². The van der Waals surface area contributed by atoms with Crippen LogP contribution in [0.2, 0.25) is 0 Å². The summed E-state index contributed by atoms with van der Waals surface area (Å²) >= 11 is 0. The van der Waals surface area contributed by atoms with Gasteiger partial charge in [-0.3, -0.25) is 0 Å². The number of hydrogen-bond donors (Lipinski definition) is 2. The van der Waals surface area contributed by atoms with E-state index >= 15 is 0 Å². The van der Waals surface area contributed by atoms with Crippen LogP contribution in [-0.4, -0.2) is 45.1 Å². The Bertz CT molecular complexity index is 506. The molecular weight excluding hydrogens is 266 g/mol. The average Bonchev–Trinajstić information content (AvgIpc) is 2.92. The van der Waals surface area contributed by atoms with E-state index in [1.165, 1.54) is 19.2 Å². The first-order valence-corrected chi connectivity index (χ1v) is 7.96. The SMILES string of the molecule is COc1ccc(S(=O)(=O)C[C@H](O)[C@H]2CCCN2)cc1. The van der Waals surface area contributed by atoms with Gasteiger partial charge < -0.3 is 15.2 Å². The minimum Gasteiger partial charge on any atom is -0.497 e. The van der Waals surface area contributed by atoms with Crippen LogP contribution in [-0.2, 0) is 9.84 Å². The highest BCUT2D eigenvalue weighted by Crippen LogP contribution is 2.19. The Kier molecular flexibility index (Phi) is 4.44. The van der Waals surface area contributed by atoms with E-state index in [0.29, 0.717) is 5.75 Å². The van der Waals surface area contributed by atoms with Gasteiger partial charge in [0.25, 0.3) is 0 Å². The molecule has 2 N–H and O–H groups in total. The Morgan fingerprint density at radius 1 is 1.42 bits per heavy atom. The Hall–Kier alpha value is -1.11. The molecule has 0 amide bonds. The predicted molar refractivity (Wildman–Crippen MR) is 72.1 cm³/mol. The molecule has 0 saturated carbocycles. The molecule has 1 heterocycles. The molecule has 2 rings (SSSR count). The quantitative estimate of drug-likeness (QED) is 0.828. The van der Waals surface area contributed by atoms with Crippen LogP contribution >= 0.6 is 0 Å². The topological polar surface area (TPSA) is 75.6 Å². The first kappa shape index (κ1) is 14.3. The zero-order chi connectivity index (χ0) is 13.9. The van der Waals surface area contributed by atoms with Gasteiger partial charge in [0.1, 0.15) is 5.75 Å². The number of ether oxygens (including phenoxy) is 1. The number of rotatable bonds is 5. The molecular formula is C13H19NO4S. The van der Waals surface area contributed by atoms with Crippen molar-refractivity contribution in [2.45, 2.75) is 29.9 Å². The summed E-state index contributed by atoms with van der Waals surface area (Å²) in [5.74, 6) is 0.355. The highest BCUT2D eigenvalue weighted by molar-refractivity contribution is 7.91. The Balaban J connectivity index is 2.08. The summed E-state index contributed by atoms with van der Waals surface area (Å²) in [4.78, 5) is 0.213. The summed E-state index contributed by atoms with van der Waals surface area (Å²) in [6.07, 6.45) is 0.929. The number of sulfone groups is 1. The summed E-state index contributed by atoms with van der Waals surface area (Å²) in [6, 6.07) is 6.10. The zero-order valence-corrected chi connectivity index (χ0v) is 11.7. The summed E-state index contributed by atoms with van der Waals surface area (Å²) in [7, 11) is -1.94. The molecule has 1 fully saturated rings. The molecule has 1 aromatic rings. The summed E-state index contributed by atoms with van der Waals surface area (Å²) < 4.78 is 29.3. The lowest BCUT2D eigenvalue weighted by molar-refractivity contribution is 0.157. The first-order chi connectivity index (χ1) is 9.03. The van der Waals surface area contributed by atoms with Crippen molar-refractivity contribution in [1.82, 2.24) is 5.32 Å². The molecule has 2 atom stereocenters. The van der Waals surface area contributed by atoms with E-state index in [1.54, 1.807) is 12.1 Å². The molecule has 1 aliphatic rings. The number of benzene rings is 1. The lowest BCUT2D eigenvalue weighted by atomic mass is 10.1. The molecule has 0 spiro atoms. The molecule has 0 unspecified atom stereocenters. The van der Waals surface area contributed by atoms with Gasteiger partial charge in [-0.15, -0.1) is 0 Å². The molecule has 1 aromatic carbocycles. The van der Waals surface area contributed by atoms with E-state index in [-0.39, 0.29) is 16.7 Å². The maximum atomic E-state index is 12.2. The standard InChI is InChI=1S/C13H19NO4S/c1-18-10-4-6-11(7-5-10)19(16,17)9-13(15)12-3-2-8-14-12/h4-7,12-15H,2-3,8-9H2,1H3/t12-,13+/m1/s1. The van der Waals surface area contributed by atoms with Gasteiger partial charge in [-0.05, 0) is 43.7 Å². The van der Waals surface area contributed by atoms with E-state index in [1.807, 2.05) is 0 Å². The molecule has 5 nitrogen and oxygen atoms in total. The first-order valence-electron chi connectivity index (χ1n) is 6.31. The van der Waals surface area contributed by atoms with Gasteiger partial charge in [-0.2, -0.15) is 0 Å². The Morgan fingerprint density at radius 3 is 2.63 bits per heavy atom. The molecule has 0 aromatic heterocycles. The lowest BCUT2D eigenvalue weighted by Gasteiger charge is -2.18. The average molecular weight is 285 g/mol. The van der Waals surface area contributed by atoms with Crippen LogP contribution in [0.5, 0.6) is 5.75 Å². The van der Waals surface area contributed by atoms with E-state index in [4.69, 9.17) is 4.74 Å². The molecule has 6 heteroatoms. The number of aliphatic hydroxyl groups excluding tert-OH is 1. The fourth-order valence-electron chi connectivity index (χ4n) is 2.26. The van der Waals surface area contributed by atoms with Crippen molar-refractivity contribution in [2.24, 2.45) is 0 Å². The highest BCUT2D eigenvalue weighted by Gasteiger charge is 2.28. The minimum atomic E-state index is -3.47. The van der Waals surface area contributed by atoms with Gasteiger partial charge >= 0.3 is 0 Å². The Morgan fingerprint density at radius 2 is 2.11 bits per heavy atom. The van der Waals surface area contributed by atoms with Crippen molar-refractivity contribution in [2.75, 3.05) is 19.4 Å². The molecule has 0 radical (unpaired) electrons. The summed E-state index contributed by atoms with van der Waals surface area (Å²) in [5, 5.41) is 13.1. The van der Waals surface area contributed by atoms with Crippen LogP contribution in [0.4, 0.5) is 0 Å². The Labute approximate surface area is 113 Å². The highest BCUT2D eigenvalue weighted by atomic mass is 32.2. The molecule has 1 saturated heterocycles. The summed E-state index contributed by atoms with van der Waals surface area (Å²) in [5.41, 5.74) is 0. The van der Waals surface area contributed by atoms with Crippen molar-refractivity contribution in [3.63, 3.8) is 0 Å². The van der Waals surface area contributed by atoms with Crippen molar-refractivity contribution < 1.29 is 18.3 Å². The lowest BCUT2D eigenvalue weighted by Crippen LogP contribution is -2.39. The van der Waals surface area contributed by atoms with Crippen LogP contribution in [0.25, 0.3) is 0 Å². The minimum absolute atomic E-state index is 0.118. The number of aliphatic hydroxyl groups is 1. The van der Waals surface area contributed by atoms with Gasteiger partial charge in [0.2, 0.25) is 0 Å². The summed E-state index contributed by atoms with van der Waals surface area (Å²) in [6.45, 7) is 0.838. The third-order valence-corrected chi connectivity index (χ3v) is 5.14. The third-order valence-electron chi connectivity index (χ3n) is 3.37. The zero-order valence-electron chi connectivity index (χ0n) is 10.9. The monoisotopic (exact) mass is 285 g/mol. The maximum absolute atomic E-state index is 12.2. The van der Waals surface area contributed by atoms with E-state index in [2.05, 4.69) is 5.32 Å². The maximum Gasteiger partial charge on any atom is 0.180 e. The van der Waals surface area contributed by atoms with Gasteiger partial charge in [0.05, 0.1) is 23.9 Å². The predicted octanol–water partition coefficient (Wildman–Crippen LogP) is 0.582. The molecule has 1 aliphatic heterocycles. The molecule has 0 aliphatic carbocycles. The largest absolute Gasteiger partial charge is 0.497 e. The van der Waals surface area contributed by atoms with E-state index < -0.39 is 15.9 Å². The van der Waals surface area contributed by atoms with Crippen LogP contribution in [0, 0.1) is 0 Å². The molecule has 19 heavy (non-hydrogen) atoms. The van der Waals surface area contributed by atoms with Crippen LogP contribution in [0.3, 0.4) is 0 Å². The second-order valence-corrected chi connectivity index (χ2v) is 6.76. The van der Waals surface area contributed by atoms with Crippen LogP contribution in [0.15, 0.2) is 29.2 Å². The van der Waals surface area contributed by atoms with Crippen LogP contribution < -0.4 is 10.1 Å². The van der Waals surface area contributed by atoms with E-state index in [9.17, 15) is 13.5 Å². The molecule has 106 valence electrons. The number of methoxy groups -OCH3 is 1. The molecule has 0 bridgehead atoms. The van der Waals surface area contributed by atoms with Gasteiger partial charge in [-0.1, -0.05) is 0 Å². The van der Waals surface area contributed by atoms with Gasteiger partial charge in [-0.25, -0.2) is 8.42 Å². The second-order valence-electron chi connectivity index (χ2n) is 4.73. The number of hydrogen-bond acceptors (Lipinski definition) is 5. The number of nitrogens with one attached hydrogen (secondary N) is 1. The van der Waals surface area contributed by atoms with Gasteiger partial charge in [0, 0.05) is 6.04 Å². The smallest absolute Gasteiger partial charge is 0.180 e. The third kappa shape index (κ3) is 3.46. The fraction of sp³-hybridized carbons (Fsp3) is 0.538. The van der Waals surface area contributed by atoms with E-state index in [0.717, 1.165) is 19.4 Å². The second kappa shape index (κ2) is 5.90. The van der Waals surface area contributed by atoms with Gasteiger partial charge in [0.15, 0.2) is 9.84 Å². The normalized spacial score (nSPS) is 21.3. The van der Waals surface area contributed by atoms with Crippen LogP contribution in [0.1, 0.15) is 12.8 Å². The fourth-order valence-corrected chi connectivity index (χ4v) is 3.69. The van der Waals surface area contributed by atoms with Crippen molar-refractivity contribution in [3.05, 3.63) is 24.3 Å². The van der Waals surface area contributed by atoms with Crippen molar-refractivity contribution in [1.29, 1.82) is 0 Å². The van der Waals surface area contributed by atoms with Crippen molar-refractivity contribution in [3.8, 4) is 5.75 Å².